The monoisotopic (exact) mass is 219 g/mol. The maximum absolute atomic E-state index is 13.0. The second-order valence-electron chi connectivity index (χ2n) is 4.30. The molecule has 0 radical (unpaired) electrons. The summed E-state index contributed by atoms with van der Waals surface area (Å²) in [7, 11) is 0. The summed E-state index contributed by atoms with van der Waals surface area (Å²) in [5, 5.41) is 11.7. The van der Waals surface area contributed by atoms with Crippen LogP contribution in [0.1, 0.15) is 31.0 Å². The topological polar surface area (TPSA) is 40.7 Å². The summed E-state index contributed by atoms with van der Waals surface area (Å²) < 4.78 is 13.0. The van der Waals surface area contributed by atoms with Crippen molar-refractivity contribution in [3.05, 3.63) is 29.7 Å². The first kappa shape index (κ1) is 9.78. The van der Waals surface area contributed by atoms with E-state index < -0.39 is 0 Å². The van der Waals surface area contributed by atoms with Crippen molar-refractivity contribution in [2.75, 3.05) is 6.54 Å². The molecule has 1 aliphatic rings. The van der Waals surface area contributed by atoms with Gasteiger partial charge in [0, 0.05) is 17.5 Å². The van der Waals surface area contributed by atoms with Gasteiger partial charge >= 0.3 is 0 Å². The Morgan fingerprint density at radius 2 is 2.25 bits per heavy atom. The molecule has 0 bridgehead atoms. The predicted molar refractivity (Wildman–Crippen MR) is 60.6 cm³/mol. The molecule has 1 aromatic heterocycles. The molecule has 84 valence electrons. The van der Waals surface area contributed by atoms with Crippen LogP contribution in [-0.4, -0.2) is 16.7 Å². The summed E-state index contributed by atoms with van der Waals surface area (Å²) in [5.41, 5.74) is 1.80. The van der Waals surface area contributed by atoms with E-state index in [0.29, 0.717) is 11.6 Å². The molecule has 2 aromatic rings. The molecule has 4 heteroatoms. The third-order valence-corrected chi connectivity index (χ3v) is 3.21. The second kappa shape index (κ2) is 3.87. The summed E-state index contributed by atoms with van der Waals surface area (Å²) in [5.74, 6) is -0.234. The number of nitrogens with zero attached hydrogens (tertiary/aromatic N) is 1. The van der Waals surface area contributed by atoms with Gasteiger partial charge in [-0.1, -0.05) is 6.42 Å². The van der Waals surface area contributed by atoms with Crippen LogP contribution in [0.5, 0.6) is 0 Å². The zero-order chi connectivity index (χ0) is 11.0. The van der Waals surface area contributed by atoms with Gasteiger partial charge in [-0.25, -0.2) is 4.39 Å². The summed E-state index contributed by atoms with van der Waals surface area (Å²) in [6.07, 6.45) is 3.59. The first-order chi connectivity index (χ1) is 7.84. The van der Waals surface area contributed by atoms with Crippen LogP contribution < -0.4 is 5.32 Å². The molecule has 16 heavy (non-hydrogen) atoms. The minimum Gasteiger partial charge on any atom is -0.309 e. The van der Waals surface area contributed by atoms with Gasteiger partial charge in [-0.2, -0.15) is 5.10 Å². The number of benzene rings is 1. The van der Waals surface area contributed by atoms with Crippen LogP contribution in [0.4, 0.5) is 4.39 Å². The van der Waals surface area contributed by atoms with Crippen molar-refractivity contribution in [3.8, 4) is 0 Å². The van der Waals surface area contributed by atoms with E-state index in [1.165, 1.54) is 25.0 Å². The van der Waals surface area contributed by atoms with E-state index >= 15 is 0 Å². The van der Waals surface area contributed by atoms with Gasteiger partial charge in [-0.05, 0) is 31.5 Å². The first-order valence-corrected chi connectivity index (χ1v) is 5.71. The molecule has 1 aliphatic heterocycles. The molecular weight excluding hydrogens is 205 g/mol. The molecule has 0 spiro atoms. The number of piperidine rings is 1. The van der Waals surface area contributed by atoms with Crippen molar-refractivity contribution < 1.29 is 4.39 Å². The minimum atomic E-state index is -0.234. The molecule has 1 fully saturated rings. The van der Waals surface area contributed by atoms with Crippen molar-refractivity contribution in [2.45, 2.75) is 25.3 Å². The number of nitrogens with one attached hydrogen (secondary N) is 2. The number of H-pyrrole nitrogens is 1. The molecule has 3 nitrogen and oxygen atoms in total. The minimum absolute atomic E-state index is 0.234. The van der Waals surface area contributed by atoms with E-state index in [-0.39, 0.29) is 5.82 Å². The highest BCUT2D eigenvalue weighted by Crippen LogP contribution is 2.27. The van der Waals surface area contributed by atoms with E-state index in [2.05, 4.69) is 15.5 Å². The van der Waals surface area contributed by atoms with Crippen molar-refractivity contribution in [2.24, 2.45) is 0 Å². The fourth-order valence-corrected chi connectivity index (χ4v) is 2.37. The van der Waals surface area contributed by atoms with Gasteiger partial charge in [0.1, 0.15) is 5.82 Å². The maximum atomic E-state index is 13.0. The van der Waals surface area contributed by atoms with Crippen molar-refractivity contribution in [1.29, 1.82) is 0 Å². The van der Waals surface area contributed by atoms with E-state index in [1.807, 2.05) is 0 Å². The average Bonchev–Trinajstić information content (AvgIpc) is 2.73. The van der Waals surface area contributed by atoms with Gasteiger partial charge in [-0.15, -0.1) is 0 Å². The van der Waals surface area contributed by atoms with Gasteiger partial charge in [0.2, 0.25) is 0 Å². The Morgan fingerprint density at radius 3 is 3.06 bits per heavy atom. The van der Waals surface area contributed by atoms with Crippen molar-refractivity contribution >= 4 is 10.9 Å². The van der Waals surface area contributed by atoms with Gasteiger partial charge in [0.15, 0.2) is 0 Å². The van der Waals surface area contributed by atoms with Crippen LogP contribution in [0.2, 0.25) is 0 Å². The van der Waals surface area contributed by atoms with Crippen LogP contribution >= 0.6 is 0 Å². The maximum Gasteiger partial charge on any atom is 0.125 e. The molecule has 0 aliphatic carbocycles. The van der Waals surface area contributed by atoms with Crippen LogP contribution in [0.15, 0.2) is 18.2 Å². The lowest BCUT2D eigenvalue weighted by molar-refractivity contribution is 0.407. The lowest BCUT2D eigenvalue weighted by atomic mass is 10.00. The normalized spacial score (nSPS) is 21.4. The van der Waals surface area contributed by atoms with Gasteiger partial charge < -0.3 is 5.32 Å². The first-order valence-electron chi connectivity index (χ1n) is 5.71. The van der Waals surface area contributed by atoms with Crippen molar-refractivity contribution in [1.82, 2.24) is 15.5 Å². The van der Waals surface area contributed by atoms with Gasteiger partial charge in [0.25, 0.3) is 0 Å². The molecule has 2 heterocycles. The zero-order valence-electron chi connectivity index (χ0n) is 8.96. The number of aromatic nitrogens is 2. The Kier molecular flexibility index (Phi) is 2.36. The van der Waals surface area contributed by atoms with E-state index in [9.17, 15) is 4.39 Å². The van der Waals surface area contributed by atoms with E-state index in [4.69, 9.17) is 0 Å². The molecule has 0 amide bonds. The molecule has 0 saturated carbocycles. The number of aromatic amines is 1. The third kappa shape index (κ3) is 1.59. The highest BCUT2D eigenvalue weighted by molar-refractivity contribution is 5.81. The molecule has 1 saturated heterocycles. The largest absolute Gasteiger partial charge is 0.309 e. The zero-order valence-corrected chi connectivity index (χ0v) is 8.96. The van der Waals surface area contributed by atoms with E-state index in [1.54, 1.807) is 6.07 Å². The molecule has 1 atom stereocenters. The number of hydrogen-bond acceptors (Lipinski definition) is 2. The average molecular weight is 219 g/mol. The van der Waals surface area contributed by atoms with Crippen LogP contribution in [-0.2, 0) is 0 Å². The van der Waals surface area contributed by atoms with Gasteiger partial charge in [-0.3, -0.25) is 5.10 Å². The number of hydrogen-bond donors (Lipinski definition) is 2. The summed E-state index contributed by atoms with van der Waals surface area (Å²) in [6, 6.07) is 5.10. The van der Waals surface area contributed by atoms with Crippen molar-refractivity contribution in [3.63, 3.8) is 0 Å². The highest BCUT2D eigenvalue weighted by atomic mass is 19.1. The Morgan fingerprint density at radius 1 is 1.31 bits per heavy atom. The second-order valence-corrected chi connectivity index (χ2v) is 4.30. The van der Waals surface area contributed by atoms with Crippen LogP contribution in [0, 0.1) is 5.82 Å². The smallest absolute Gasteiger partial charge is 0.125 e. The SMILES string of the molecule is Fc1ccc2c(C3CCCCN3)[nH]nc2c1. The summed E-state index contributed by atoms with van der Waals surface area (Å²) in [4.78, 5) is 0. The molecular formula is C12H14FN3. The number of halogens is 1. The fraction of sp³-hybridized carbons (Fsp3) is 0.417. The lowest BCUT2D eigenvalue weighted by Gasteiger charge is -2.22. The molecule has 1 aromatic carbocycles. The summed E-state index contributed by atoms with van der Waals surface area (Å²) >= 11 is 0. The summed E-state index contributed by atoms with van der Waals surface area (Å²) in [6.45, 7) is 1.05. The Hall–Kier alpha value is -1.42. The predicted octanol–water partition coefficient (Wildman–Crippen LogP) is 2.52. The highest BCUT2D eigenvalue weighted by Gasteiger charge is 2.19. The van der Waals surface area contributed by atoms with Crippen LogP contribution in [0.25, 0.3) is 10.9 Å². The Bertz CT molecular complexity index is 500. The van der Waals surface area contributed by atoms with E-state index in [0.717, 1.165) is 24.0 Å². The molecule has 1 unspecified atom stereocenters. The molecule has 2 N–H and O–H groups in total. The lowest BCUT2D eigenvalue weighted by Crippen LogP contribution is -2.27. The fourth-order valence-electron chi connectivity index (χ4n) is 2.37. The number of rotatable bonds is 1. The Labute approximate surface area is 93.0 Å². The number of fused-ring (bicyclic) bond motifs is 1. The van der Waals surface area contributed by atoms with Crippen LogP contribution in [0.3, 0.4) is 0 Å². The standard InChI is InChI=1S/C12H14FN3/c13-8-4-5-9-11(7-8)15-16-12(9)10-3-1-2-6-14-10/h4-5,7,10,14H,1-3,6H2,(H,15,16). The third-order valence-electron chi connectivity index (χ3n) is 3.21. The van der Waals surface area contributed by atoms with Gasteiger partial charge in [0.05, 0.1) is 11.2 Å². The Balaban J connectivity index is 2.03. The quantitative estimate of drug-likeness (QED) is 0.773. The molecule has 3 rings (SSSR count).